The molecule has 2 aromatic rings. The van der Waals surface area contributed by atoms with Crippen LogP contribution in [0.2, 0.25) is 0 Å². The van der Waals surface area contributed by atoms with Crippen molar-refractivity contribution in [3.05, 3.63) is 34.6 Å². The molecular weight excluding hydrogens is 382 g/mol. The van der Waals surface area contributed by atoms with Crippen molar-refractivity contribution in [1.29, 1.82) is 0 Å². The highest BCUT2D eigenvalue weighted by Gasteiger charge is 2.30. The van der Waals surface area contributed by atoms with Crippen LogP contribution in [0, 0.1) is 4.77 Å². The van der Waals surface area contributed by atoms with Crippen molar-refractivity contribution in [1.82, 2.24) is 19.8 Å². The SMILES string of the molecule is CCCCc1ccc(-n2nnn(C[NH+]3CCS[C@H](C(=O)OC)C3)c2=S)cc1. The van der Waals surface area contributed by atoms with E-state index in [9.17, 15) is 4.79 Å². The number of aromatic nitrogens is 4. The molecule has 3 rings (SSSR count). The summed E-state index contributed by atoms with van der Waals surface area (Å²) in [6.07, 6.45) is 3.47. The minimum absolute atomic E-state index is 0.126. The molecule has 1 aliphatic rings. The van der Waals surface area contributed by atoms with Crippen LogP contribution >= 0.6 is 24.0 Å². The molecule has 1 unspecified atom stereocenters. The lowest BCUT2D eigenvalue weighted by molar-refractivity contribution is -0.921. The zero-order valence-corrected chi connectivity index (χ0v) is 17.4. The van der Waals surface area contributed by atoms with Crippen molar-refractivity contribution in [3.63, 3.8) is 0 Å². The predicted octanol–water partition coefficient (Wildman–Crippen LogP) is 1.27. The fraction of sp³-hybridized carbons (Fsp3) is 0.556. The minimum atomic E-state index is -0.160. The number of methoxy groups -OCH3 is 1. The van der Waals surface area contributed by atoms with Gasteiger partial charge in [0, 0.05) is 5.75 Å². The Morgan fingerprint density at radius 3 is 2.85 bits per heavy atom. The maximum absolute atomic E-state index is 11.8. The summed E-state index contributed by atoms with van der Waals surface area (Å²) >= 11 is 7.22. The van der Waals surface area contributed by atoms with Crippen molar-refractivity contribution >= 4 is 29.9 Å². The van der Waals surface area contributed by atoms with E-state index in [0.717, 1.165) is 24.4 Å². The molecule has 0 spiro atoms. The number of tetrazole rings is 1. The van der Waals surface area contributed by atoms with Gasteiger partial charge >= 0.3 is 5.97 Å². The Balaban J connectivity index is 1.68. The van der Waals surface area contributed by atoms with Gasteiger partial charge < -0.3 is 9.64 Å². The third kappa shape index (κ3) is 4.97. The maximum atomic E-state index is 11.8. The lowest BCUT2D eigenvalue weighted by Gasteiger charge is -2.27. The van der Waals surface area contributed by atoms with E-state index in [1.165, 1.54) is 30.4 Å². The largest absolute Gasteiger partial charge is 0.468 e. The van der Waals surface area contributed by atoms with Gasteiger partial charge in [0.2, 0.25) is 4.77 Å². The molecule has 9 heteroatoms. The summed E-state index contributed by atoms with van der Waals surface area (Å²) in [4.78, 5) is 13.1. The number of rotatable bonds is 7. The molecule has 0 bridgehead atoms. The first-order valence-electron chi connectivity index (χ1n) is 9.27. The first kappa shape index (κ1) is 20.0. The average molecular weight is 409 g/mol. The van der Waals surface area contributed by atoms with Crippen molar-refractivity contribution in [3.8, 4) is 5.69 Å². The number of carbonyl (C=O) groups excluding carboxylic acids is 1. The highest BCUT2D eigenvalue weighted by atomic mass is 32.2. The van der Waals surface area contributed by atoms with Crippen molar-refractivity contribution in [2.75, 3.05) is 26.0 Å². The number of thioether (sulfide) groups is 1. The van der Waals surface area contributed by atoms with Crippen LogP contribution in [-0.4, -0.2) is 57.0 Å². The van der Waals surface area contributed by atoms with Crippen LogP contribution in [0.5, 0.6) is 0 Å². The Morgan fingerprint density at radius 1 is 1.37 bits per heavy atom. The van der Waals surface area contributed by atoms with Crippen LogP contribution in [0.3, 0.4) is 0 Å². The third-order valence-corrected chi connectivity index (χ3v) is 6.31. The number of benzene rings is 1. The van der Waals surface area contributed by atoms with Gasteiger partial charge in [-0.05, 0) is 53.2 Å². The Morgan fingerprint density at radius 2 is 2.15 bits per heavy atom. The van der Waals surface area contributed by atoms with E-state index in [1.807, 2.05) is 12.1 Å². The highest BCUT2D eigenvalue weighted by molar-refractivity contribution is 8.00. The van der Waals surface area contributed by atoms with Gasteiger partial charge in [0.15, 0.2) is 11.9 Å². The van der Waals surface area contributed by atoms with E-state index >= 15 is 0 Å². The van der Waals surface area contributed by atoms with Gasteiger partial charge in [-0.3, -0.25) is 4.79 Å². The summed E-state index contributed by atoms with van der Waals surface area (Å²) in [6, 6.07) is 8.33. The number of carbonyl (C=O) groups is 1. The van der Waals surface area contributed by atoms with E-state index in [1.54, 1.807) is 21.1 Å². The van der Waals surface area contributed by atoms with Gasteiger partial charge in [-0.1, -0.05) is 25.5 Å². The van der Waals surface area contributed by atoms with Gasteiger partial charge in [-0.25, -0.2) is 0 Å². The lowest BCUT2D eigenvalue weighted by atomic mass is 10.1. The lowest BCUT2D eigenvalue weighted by Crippen LogP contribution is -3.14. The van der Waals surface area contributed by atoms with Gasteiger partial charge in [0.1, 0.15) is 6.54 Å². The highest BCUT2D eigenvalue weighted by Crippen LogP contribution is 2.13. The molecular formula is C18H26N5O2S2+. The summed E-state index contributed by atoms with van der Waals surface area (Å²) in [5.41, 5.74) is 2.24. The summed E-state index contributed by atoms with van der Waals surface area (Å²) in [7, 11) is 1.44. The molecule has 0 radical (unpaired) electrons. The second-order valence-corrected chi connectivity index (χ2v) is 8.36. The number of quaternary nitrogens is 1. The molecule has 1 saturated heterocycles. The number of nitrogens with zero attached hydrogens (tertiary/aromatic N) is 4. The Labute approximate surface area is 168 Å². The van der Waals surface area contributed by atoms with E-state index in [0.29, 0.717) is 18.0 Å². The van der Waals surface area contributed by atoms with Gasteiger partial charge in [0.25, 0.3) is 0 Å². The van der Waals surface area contributed by atoms with Gasteiger partial charge in [-0.15, -0.1) is 11.8 Å². The molecule has 146 valence electrons. The number of hydrogen-bond donors (Lipinski definition) is 1. The monoisotopic (exact) mass is 408 g/mol. The first-order chi connectivity index (χ1) is 13.1. The predicted molar refractivity (Wildman–Crippen MR) is 108 cm³/mol. The molecule has 1 aromatic heterocycles. The molecule has 0 amide bonds. The number of esters is 1. The molecule has 27 heavy (non-hydrogen) atoms. The normalized spacial score (nSPS) is 19.8. The number of hydrogen-bond acceptors (Lipinski definition) is 6. The zero-order valence-electron chi connectivity index (χ0n) is 15.8. The Hall–Kier alpha value is -1.71. The van der Waals surface area contributed by atoms with Crippen LogP contribution in [0.4, 0.5) is 0 Å². The molecule has 0 aliphatic carbocycles. The molecule has 2 atom stereocenters. The fourth-order valence-electron chi connectivity index (χ4n) is 3.13. The van der Waals surface area contributed by atoms with Gasteiger partial charge in [-0.2, -0.15) is 9.36 Å². The topological polar surface area (TPSA) is 66.4 Å². The van der Waals surface area contributed by atoms with E-state index in [2.05, 4.69) is 29.5 Å². The van der Waals surface area contributed by atoms with Gasteiger partial charge in [0.05, 0.1) is 19.3 Å². The molecule has 1 fully saturated rings. The molecule has 0 saturated carbocycles. The van der Waals surface area contributed by atoms with Crippen LogP contribution in [-0.2, 0) is 22.6 Å². The van der Waals surface area contributed by atoms with E-state index in [4.69, 9.17) is 17.0 Å². The molecule has 2 heterocycles. The zero-order chi connectivity index (χ0) is 19.2. The Bertz CT molecular complexity index is 818. The molecule has 1 aliphatic heterocycles. The third-order valence-electron chi connectivity index (χ3n) is 4.73. The summed E-state index contributed by atoms with van der Waals surface area (Å²) < 4.78 is 8.87. The van der Waals surface area contributed by atoms with Crippen molar-refractivity contribution in [2.24, 2.45) is 0 Å². The first-order valence-corrected chi connectivity index (χ1v) is 10.7. The quantitative estimate of drug-likeness (QED) is 0.550. The fourth-order valence-corrected chi connectivity index (χ4v) is 4.65. The Kier molecular flexibility index (Phi) is 7.03. The smallest absolute Gasteiger partial charge is 0.324 e. The summed E-state index contributed by atoms with van der Waals surface area (Å²) in [5.74, 6) is 0.753. The van der Waals surface area contributed by atoms with Crippen LogP contribution in [0.15, 0.2) is 24.3 Å². The average Bonchev–Trinajstić information content (AvgIpc) is 3.06. The minimum Gasteiger partial charge on any atom is -0.468 e. The number of ether oxygens (including phenoxy) is 1. The second-order valence-electron chi connectivity index (χ2n) is 6.69. The van der Waals surface area contributed by atoms with Crippen molar-refractivity contribution < 1.29 is 14.4 Å². The van der Waals surface area contributed by atoms with Crippen LogP contribution in [0.1, 0.15) is 25.3 Å². The van der Waals surface area contributed by atoms with Crippen LogP contribution in [0.25, 0.3) is 5.69 Å². The van der Waals surface area contributed by atoms with E-state index in [-0.39, 0.29) is 11.2 Å². The number of aryl methyl sites for hydroxylation is 1. The maximum Gasteiger partial charge on any atom is 0.324 e. The van der Waals surface area contributed by atoms with Crippen molar-refractivity contribution in [2.45, 2.75) is 38.1 Å². The summed E-state index contributed by atoms with van der Waals surface area (Å²) in [6.45, 7) is 4.46. The van der Waals surface area contributed by atoms with E-state index < -0.39 is 0 Å². The molecule has 1 N–H and O–H groups in total. The standard InChI is InChI=1S/C18H25N5O2S2/c1-3-4-5-14-6-8-15(9-7-14)23-18(26)22(19-20-23)13-21-10-11-27-16(12-21)17(24)25-2/h6-9,16H,3-5,10-13H2,1-2H3/p+1/t16-/m0/s1. The molecule has 7 nitrogen and oxygen atoms in total. The number of nitrogens with one attached hydrogen (secondary N) is 1. The van der Waals surface area contributed by atoms with Crippen LogP contribution < -0.4 is 4.90 Å². The number of unbranched alkanes of at least 4 members (excludes halogenated alkanes) is 1. The molecule has 1 aromatic carbocycles. The summed E-state index contributed by atoms with van der Waals surface area (Å²) in [5, 5.41) is 8.33. The second kappa shape index (κ2) is 9.48.